The summed E-state index contributed by atoms with van der Waals surface area (Å²) in [6.07, 6.45) is 1.78. The maximum Gasteiger partial charge on any atom is 0.257 e. The average molecular weight is 428 g/mol. The lowest BCUT2D eigenvalue weighted by atomic mass is 10.1. The molecule has 2 aromatic carbocycles. The van der Waals surface area contributed by atoms with Crippen LogP contribution >= 0.6 is 11.3 Å². The van der Waals surface area contributed by atoms with Gasteiger partial charge in [0.1, 0.15) is 0 Å². The minimum absolute atomic E-state index is 0.159. The van der Waals surface area contributed by atoms with Gasteiger partial charge in [-0.3, -0.25) is 14.4 Å². The predicted molar refractivity (Wildman–Crippen MR) is 117 cm³/mol. The molecule has 0 bridgehead atoms. The number of thiazole rings is 1. The van der Waals surface area contributed by atoms with E-state index in [4.69, 9.17) is 0 Å². The van der Waals surface area contributed by atoms with Crippen molar-refractivity contribution in [2.75, 3.05) is 15.9 Å². The van der Waals surface area contributed by atoms with Gasteiger partial charge in [-0.15, -0.1) is 11.3 Å². The van der Waals surface area contributed by atoms with Gasteiger partial charge in [-0.05, 0) is 44.0 Å². The van der Waals surface area contributed by atoms with Crippen LogP contribution in [0.25, 0.3) is 11.3 Å². The molecule has 1 unspecified atom stereocenters. The number of hydrogen-bond acceptors (Lipinski definition) is 5. The average Bonchev–Trinajstić information content (AvgIpc) is 3.19. The maximum atomic E-state index is 12.8. The zero-order chi connectivity index (χ0) is 20.8. The molecule has 0 saturated heterocycles. The highest BCUT2D eigenvalue weighted by Gasteiger charge is 2.32. The highest BCUT2D eigenvalue weighted by molar-refractivity contribution is 7.92. The van der Waals surface area contributed by atoms with Crippen molar-refractivity contribution in [1.82, 2.24) is 4.98 Å². The summed E-state index contributed by atoms with van der Waals surface area (Å²) >= 11 is 1.43. The Morgan fingerprint density at radius 2 is 1.93 bits per heavy atom. The van der Waals surface area contributed by atoms with E-state index >= 15 is 0 Å². The molecule has 4 rings (SSSR count). The Morgan fingerprint density at radius 1 is 1.21 bits per heavy atom. The summed E-state index contributed by atoms with van der Waals surface area (Å²) in [4.78, 5) is 18.4. The molecule has 1 aromatic heterocycles. The van der Waals surface area contributed by atoms with E-state index in [-0.39, 0.29) is 11.9 Å². The molecule has 1 aliphatic rings. The van der Waals surface area contributed by atoms with Gasteiger partial charge in [0.2, 0.25) is 10.0 Å². The van der Waals surface area contributed by atoms with Crippen molar-refractivity contribution in [2.24, 2.45) is 0 Å². The lowest BCUT2D eigenvalue weighted by Crippen LogP contribution is -2.34. The number of carbonyl (C=O) groups is 1. The van der Waals surface area contributed by atoms with Gasteiger partial charge in [-0.1, -0.05) is 30.3 Å². The number of benzene rings is 2. The molecule has 150 valence electrons. The second-order valence-electron chi connectivity index (χ2n) is 7.20. The van der Waals surface area contributed by atoms with Crippen LogP contribution in [0.2, 0.25) is 0 Å². The summed E-state index contributed by atoms with van der Waals surface area (Å²) in [5.41, 5.74) is 3.86. The molecule has 3 aromatic rings. The summed E-state index contributed by atoms with van der Waals surface area (Å²) in [7, 11) is -3.35. The summed E-state index contributed by atoms with van der Waals surface area (Å²) in [6, 6.07) is 14.8. The Kier molecular flexibility index (Phi) is 4.92. The van der Waals surface area contributed by atoms with Gasteiger partial charge in [0, 0.05) is 22.0 Å². The fourth-order valence-electron chi connectivity index (χ4n) is 3.73. The molecule has 0 spiro atoms. The number of amides is 1. The van der Waals surface area contributed by atoms with Crippen molar-refractivity contribution < 1.29 is 13.2 Å². The second-order valence-corrected chi connectivity index (χ2v) is 10.3. The van der Waals surface area contributed by atoms with Gasteiger partial charge in [0.15, 0.2) is 5.13 Å². The molecule has 2 heterocycles. The van der Waals surface area contributed by atoms with Crippen LogP contribution in [0.1, 0.15) is 27.7 Å². The fourth-order valence-corrected chi connectivity index (χ4v) is 5.83. The summed E-state index contributed by atoms with van der Waals surface area (Å²) in [6.45, 7) is 3.84. The Bertz CT molecular complexity index is 1190. The first-order valence-corrected chi connectivity index (χ1v) is 11.9. The summed E-state index contributed by atoms with van der Waals surface area (Å²) in [5, 5.41) is 3.41. The Hall–Kier alpha value is -2.71. The number of sulfonamides is 1. The third-order valence-electron chi connectivity index (χ3n) is 4.92. The van der Waals surface area contributed by atoms with E-state index in [2.05, 4.69) is 10.3 Å². The van der Waals surface area contributed by atoms with Crippen molar-refractivity contribution in [3.63, 3.8) is 0 Å². The number of anilines is 2. The largest absolute Gasteiger partial charge is 0.298 e. The van der Waals surface area contributed by atoms with Crippen LogP contribution < -0.4 is 9.62 Å². The molecule has 0 fully saturated rings. The first-order valence-electron chi connectivity index (χ1n) is 9.20. The van der Waals surface area contributed by atoms with Gasteiger partial charge in [0.25, 0.3) is 5.91 Å². The highest BCUT2D eigenvalue weighted by atomic mass is 32.2. The van der Waals surface area contributed by atoms with Crippen LogP contribution in [0.15, 0.2) is 48.5 Å². The molecule has 0 aliphatic carbocycles. The molecule has 1 amide bonds. The SMILES string of the molecule is Cc1sc(NC(=O)c2ccc3c(c2)CC(C)N3S(C)(=O)=O)nc1-c1ccccc1. The van der Waals surface area contributed by atoms with Crippen LogP contribution in [-0.2, 0) is 16.4 Å². The molecule has 1 aliphatic heterocycles. The van der Waals surface area contributed by atoms with E-state index in [0.717, 1.165) is 21.7 Å². The molecular formula is C21H21N3O3S2. The standard InChI is InChI=1S/C21H21N3O3S2/c1-13-11-17-12-16(9-10-18(17)24(13)29(3,26)27)20(25)23-21-22-19(14(2)28-21)15-7-5-4-6-8-15/h4-10,12-13H,11H2,1-3H3,(H,22,23,25). The van der Waals surface area contributed by atoms with Gasteiger partial charge in [0.05, 0.1) is 17.6 Å². The van der Waals surface area contributed by atoms with Crippen LogP contribution in [0.3, 0.4) is 0 Å². The van der Waals surface area contributed by atoms with E-state index in [1.807, 2.05) is 44.2 Å². The molecule has 6 nitrogen and oxygen atoms in total. The van der Waals surface area contributed by atoms with Crippen molar-refractivity contribution in [3.05, 3.63) is 64.5 Å². The maximum absolute atomic E-state index is 12.8. The van der Waals surface area contributed by atoms with Crippen molar-refractivity contribution in [2.45, 2.75) is 26.3 Å². The molecular weight excluding hydrogens is 406 g/mol. The van der Waals surface area contributed by atoms with Gasteiger partial charge in [-0.2, -0.15) is 0 Å². The monoisotopic (exact) mass is 427 g/mol. The second kappa shape index (κ2) is 7.27. The lowest BCUT2D eigenvalue weighted by molar-refractivity contribution is 0.102. The van der Waals surface area contributed by atoms with Gasteiger partial charge < -0.3 is 0 Å². The highest BCUT2D eigenvalue weighted by Crippen LogP contribution is 2.35. The van der Waals surface area contributed by atoms with E-state index < -0.39 is 10.0 Å². The van der Waals surface area contributed by atoms with Crippen LogP contribution in [0.4, 0.5) is 10.8 Å². The van der Waals surface area contributed by atoms with E-state index in [1.165, 1.54) is 21.9 Å². The van der Waals surface area contributed by atoms with Crippen LogP contribution in [0.5, 0.6) is 0 Å². The topological polar surface area (TPSA) is 79.4 Å². The number of carbonyl (C=O) groups excluding carboxylic acids is 1. The van der Waals surface area contributed by atoms with Crippen molar-refractivity contribution in [3.8, 4) is 11.3 Å². The normalized spacial score (nSPS) is 16.0. The third kappa shape index (κ3) is 3.77. The number of hydrogen-bond donors (Lipinski definition) is 1. The minimum atomic E-state index is -3.35. The fraction of sp³-hybridized carbons (Fsp3) is 0.238. The summed E-state index contributed by atoms with van der Waals surface area (Å²) < 4.78 is 25.5. The van der Waals surface area contributed by atoms with Crippen molar-refractivity contribution in [1.29, 1.82) is 0 Å². The van der Waals surface area contributed by atoms with Crippen LogP contribution in [-0.4, -0.2) is 31.6 Å². The van der Waals surface area contributed by atoms with E-state index in [1.54, 1.807) is 18.2 Å². The number of nitrogens with zero attached hydrogens (tertiary/aromatic N) is 2. The third-order valence-corrected chi connectivity index (χ3v) is 7.07. The zero-order valence-corrected chi connectivity index (χ0v) is 18.0. The predicted octanol–water partition coefficient (Wildman–Crippen LogP) is 4.08. The van der Waals surface area contributed by atoms with Gasteiger partial charge >= 0.3 is 0 Å². The summed E-state index contributed by atoms with van der Waals surface area (Å²) in [5.74, 6) is -0.258. The first-order chi connectivity index (χ1) is 13.7. The quantitative estimate of drug-likeness (QED) is 0.680. The molecule has 29 heavy (non-hydrogen) atoms. The molecule has 1 N–H and O–H groups in total. The number of nitrogens with one attached hydrogen (secondary N) is 1. The lowest BCUT2D eigenvalue weighted by Gasteiger charge is -2.21. The number of aromatic nitrogens is 1. The molecule has 1 atom stereocenters. The molecule has 8 heteroatoms. The number of fused-ring (bicyclic) bond motifs is 1. The Morgan fingerprint density at radius 3 is 2.62 bits per heavy atom. The number of aryl methyl sites for hydroxylation is 1. The smallest absolute Gasteiger partial charge is 0.257 e. The Balaban J connectivity index is 1.57. The molecule has 0 radical (unpaired) electrons. The van der Waals surface area contributed by atoms with Gasteiger partial charge in [-0.25, -0.2) is 13.4 Å². The Labute approximate surface area is 174 Å². The van der Waals surface area contributed by atoms with Crippen LogP contribution in [0, 0.1) is 6.92 Å². The van der Waals surface area contributed by atoms with E-state index in [0.29, 0.717) is 22.8 Å². The first kappa shape index (κ1) is 19.6. The molecule has 0 saturated carbocycles. The van der Waals surface area contributed by atoms with E-state index in [9.17, 15) is 13.2 Å². The minimum Gasteiger partial charge on any atom is -0.298 e. The number of rotatable bonds is 4. The zero-order valence-electron chi connectivity index (χ0n) is 16.3. The van der Waals surface area contributed by atoms with Crippen molar-refractivity contribution >= 4 is 38.1 Å².